The molecule has 0 fully saturated rings. The van der Waals surface area contributed by atoms with Crippen molar-refractivity contribution in [1.82, 2.24) is 0 Å². The summed E-state index contributed by atoms with van der Waals surface area (Å²) >= 11 is 0. The Balaban J connectivity index is 4.51. The Morgan fingerprint density at radius 3 is 1.73 bits per heavy atom. The van der Waals surface area contributed by atoms with Gasteiger partial charge in [-0.3, -0.25) is 0 Å². The Morgan fingerprint density at radius 1 is 1.07 bits per heavy atom. The third-order valence-electron chi connectivity index (χ3n) is 3.09. The van der Waals surface area contributed by atoms with Crippen molar-refractivity contribution in [3.8, 4) is 0 Å². The van der Waals surface area contributed by atoms with Gasteiger partial charge in [0.15, 0.2) is 8.32 Å². The highest BCUT2D eigenvalue weighted by molar-refractivity contribution is 6.74. The van der Waals surface area contributed by atoms with E-state index in [9.17, 15) is 9.59 Å². The first-order valence-electron chi connectivity index (χ1n) is 5.15. The Labute approximate surface area is 93.3 Å². The lowest BCUT2D eigenvalue weighted by Crippen LogP contribution is -2.44. The van der Waals surface area contributed by atoms with Crippen LogP contribution in [0.5, 0.6) is 0 Å². The lowest BCUT2D eigenvalue weighted by atomic mass is 9.97. The minimum atomic E-state index is -1.86. The summed E-state index contributed by atoms with van der Waals surface area (Å²) in [5.41, 5.74) is -0.991. The third kappa shape index (κ3) is 3.87. The van der Waals surface area contributed by atoms with Crippen LogP contribution in [0.4, 0.5) is 0 Å². The molecule has 0 aliphatic heterocycles. The molecule has 0 aliphatic rings. The molecule has 0 heterocycles. The van der Waals surface area contributed by atoms with Gasteiger partial charge in [-0.1, -0.05) is 20.8 Å². The van der Waals surface area contributed by atoms with Crippen LogP contribution in [0.15, 0.2) is 0 Å². The van der Waals surface area contributed by atoms with Crippen molar-refractivity contribution in [3.05, 3.63) is 0 Å². The quantitative estimate of drug-likeness (QED) is 0.414. The summed E-state index contributed by atoms with van der Waals surface area (Å²) in [7, 11) is -1.86. The minimum absolute atomic E-state index is 0.0969. The molecule has 0 N–H and O–H groups in total. The first-order valence-corrected chi connectivity index (χ1v) is 8.05. The molecule has 88 valence electrons. The zero-order valence-electron chi connectivity index (χ0n) is 10.6. The van der Waals surface area contributed by atoms with Crippen molar-refractivity contribution in [2.75, 3.05) is 6.61 Å². The van der Waals surface area contributed by atoms with Crippen LogP contribution in [0.2, 0.25) is 18.1 Å². The van der Waals surface area contributed by atoms with Gasteiger partial charge in [-0.2, -0.15) is 0 Å². The van der Waals surface area contributed by atoms with Gasteiger partial charge in [-0.25, -0.2) is 0 Å². The fourth-order valence-electron chi connectivity index (χ4n) is 0.648. The van der Waals surface area contributed by atoms with E-state index < -0.39 is 13.7 Å². The van der Waals surface area contributed by atoms with E-state index in [1.54, 1.807) is 6.92 Å². The first-order chi connectivity index (χ1) is 6.58. The molecule has 0 amide bonds. The van der Waals surface area contributed by atoms with E-state index in [-0.39, 0.29) is 11.6 Å². The van der Waals surface area contributed by atoms with Crippen LogP contribution in [0.25, 0.3) is 0 Å². The normalized spacial score (nSPS) is 13.7. The predicted octanol–water partition coefficient (Wildman–Crippen LogP) is 2.41. The van der Waals surface area contributed by atoms with Crippen molar-refractivity contribution in [3.63, 3.8) is 0 Å². The maximum absolute atomic E-state index is 10.7. The SMILES string of the molecule is CC(C=O)(C=O)CO[Si](C)(C)C(C)(C)C. The minimum Gasteiger partial charge on any atom is -0.415 e. The second-order valence-electron chi connectivity index (χ2n) is 5.79. The number of carbonyl (C=O) groups excluding carboxylic acids is 2. The van der Waals surface area contributed by atoms with Gasteiger partial charge in [-0.05, 0) is 25.1 Å². The van der Waals surface area contributed by atoms with Crippen LogP contribution in [-0.4, -0.2) is 27.5 Å². The number of rotatable bonds is 5. The van der Waals surface area contributed by atoms with E-state index in [1.165, 1.54) is 0 Å². The molecule has 0 spiro atoms. The molecule has 4 heteroatoms. The topological polar surface area (TPSA) is 43.4 Å². The second kappa shape index (κ2) is 4.57. The highest BCUT2D eigenvalue weighted by atomic mass is 28.4. The van der Waals surface area contributed by atoms with E-state index in [4.69, 9.17) is 4.43 Å². The van der Waals surface area contributed by atoms with Crippen LogP contribution >= 0.6 is 0 Å². The molecule has 0 saturated heterocycles. The fraction of sp³-hybridized carbons (Fsp3) is 0.818. The number of carbonyl (C=O) groups is 2. The van der Waals surface area contributed by atoms with Gasteiger partial charge in [0.2, 0.25) is 0 Å². The van der Waals surface area contributed by atoms with Gasteiger partial charge in [-0.15, -0.1) is 0 Å². The van der Waals surface area contributed by atoms with Crippen LogP contribution in [0.1, 0.15) is 27.7 Å². The predicted molar refractivity (Wildman–Crippen MR) is 63.4 cm³/mol. The summed E-state index contributed by atoms with van der Waals surface area (Å²) in [5.74, 6) is 0. The summed E-state index contributed by atoms with van der Waals surface area (Å²) in [6, 6.07) is 0. The van der Waals surface area contributed by atoms with Gasteiger partial charge < -0.3 is 14.0 Å². The molecular formula is C11H22O3Si. The van der Waals surface area contributed by atoms with Crippen molar-refractivity contribution >= 4 is 20.9 Å². The Kier molecular flexibility index (Phi) is 4.43. The molecule has 15 heavy (non-hydrogen) atoms. The summed E-state index contributed by atoms with van der Waals surface area (Å²) in [4.78, 5) is 21.5. The summed E-state index contributed by atoms with van der Waals surface area (Å²) in [6.07, 6.45) is 1.32. The zero-order chi connectivity index (χ0) is 12.3. The number of aldehydes is 2. The molecular weight excluding hydrogens is 208 g/mol. The van der Waals surface area contributed by atoms with E-state index in [0.29, 0.717) is 12.6 Å². The highest BCUT2D eigenvalue weighted by Gasteiger charge is 2.39. The van der Waals surface area contributed by atoms with Crippen molar-refractivity contribution < 1.29 is 14.0 Å². The average Bonchev–Trinajstić information content (AvgIpc) is 2.13. The smallest absolute Gasteiger partial charge is 0.192 e. The van der Waals surface area contributed by atoms with Crippen LogP contribution in [-0.2, 0) is 14.0 Å². The molecule has 0 aromatic rings. The maximum atomic E-state index is 10.7. The molecule has 0 rings (SSSR count). The molecule has 0 atom stereocenters. The van der Waals surface area contributed by atoms with Crippen molar-refractivity contribution in [2.24, 2.45) is 5.41 Å². The van der Waals surface area contributed by atoms with Crippen molar-refractivity contribution in [1.29, 1.82) is 0 Å². The van der Waals surface area contributed by atoms with Gasteiger partial charge in [0, 0.05) is 0 Å². The first kappa shape index (κ1) is 14.5. The van der Waals surface area contributed by atoms with E-state index in [2.05, 4.69) is 33.9 Å². The second-order valence-corrected chi connectivity index (χ2v) is 10.6. The monoisotopic (exact) mass is 230 g/mol. The lowest BCUT2D eigenvalue weighted by molar-refractivity contribution is -0.127. The number of hydrogen-bond donors (Lipinski definition) is 0. The average molecular weight is 230 g/mol. The standard InChI is InChI=1S/C11H22O3Si/c1-10(2,3)15(5,6)14-9-11(4,7-12)8-13/h7-8H,9H2,1-6H3. The van der Waals surface area contributed by atoms with E-state index in [0.717, 1.165) is 0 Å². The zero-order valence-corrected chi connectivity index (χ0v) is 11.6. The van der Waals surface area contributed by atoms with Crippen molar-refractivity contribution in [2.45, 2.75) is 45.8 Å². The van der Waals surface area contributed by atoms with Gasteiger partial charge in [0.1, 0.15) is 18.0 Å². The summed E-state index contributed by atoms with van der Waals surface area (Å²) in [5, 5.41) is 0.0969. The molecule has 0 saturated carbocycles. The van der Waals surface area contributed by atoms with E-state index in [1.807, 2.05) is 0 Å². The van der Waals surface area contributed by atoms with Crippen LogP contribution in [0, 0.1) is 5.41 Å². The van der Waals surface area contributed by atoms with Gasteiger partial charge in [0.25, 0.3) is 0 Å². The fourth-order valence-corrected chi connectivity index (χ4v) is 1.75. The Hall–Kier alpha value is -0.483. The molecule has 0 aromatic carbocycles. The van der Waals surface area contributed by atoms with Gasteiger partial charge >= 0.3 is 0 Å². The summed E-state index contributed by atoms with van der Waals surface area (Å²) < 4.78 is 5.82. The Bertz CT molecular complexity index is 233. The molecule has 0 aromatic heterocycles. The van der Waals surface area contributed by atoms with Crippen LogP contribution in [0.3, 0.4) is 0 Å². The highest BCUT2D eigenvalue weighted by Crippen LogP contribution is 2.37. The maximum Gasteiger partial charge on any atom is 0.192 e. The van der Waals surface area contributed by atoms with E-state index >= 15 is 0 Å². The summed E-state index contributed by atoms with van der Waals surface area (Å²) in [6.45, 7) is 12.4. The number of hydrogen-bond acceptors (Lipinski definition) is 3. The lowest BCUT2D eigenvalue weighted by Gasteiger charge is -2.37. The van der Waals surface area contributed by atoms with Gasteiger partial charge in [0.05, 0.1) is 6.61 Å². The molecule has 0 unspecified atom stereocenters. The molecule has 0 aliphatic carbocycles. The Morgan fingerprint density at radius 2 is 1.47 bits per heavy atom. The molecule has 0 radical (unpaired) electrons. The molecule has 3 nitrogen and oxygen atoms in total. The largest absolute Gasteiger partial charge is 0.415 e. The third-order valence-corrected chi connectivity index (χ3v) is 7.57. The molecule has 0 bridgehead atoms. The van der Waals surface area contributed by atoms with Crippen LogP contribution < -0.4 is 0 Å².